The Balaban J connectivity index is 2.17. The summed E-state index contributed by atoms with van der Waals surface area (Å²) < 4.78 is 0. The predicted molar refractivity (Wildman–Crippen MR) is 85.4 cm³/mol. The summed E-state index contributed by atoms with van der Waals surface area (Å²) in [5.74, 6) is 2.93. The second-order valence-corrected chi connectivity index (χ2v) is 5.79. The quantitative estimate of drug-likeness (QED) is 0.800. The molecule has 4 nitrogen and oxygen atoms in total. The number of rotatable bonds is 5. The molecule has 2 N–H and O–H groups in total. The molecule has 0 bridgehead atoms. The Labute approximate surface area is 122 Å². The van der Waals surface area contributed by atoms with E-state index in [9.17, 15) is 0 Å². The van der Waals surface area contributed by atoms with Crippen LogP contribution in [0.3, 0.4) is 0 Å². The minimum absolute atomic E-state index is 0.574. The second-order valence-electron chi connectivity index (χ2n) is 5.79. The van der Waals surface area contributed by atoms with E-state index in [1.807, 2.05) is 7.05 Å². The van der Waals surface area contributed by atoms with Crippen molar-refractivity contribution >= 4 is 11.6 Å². The topological polar surface area (TPSA) is 49.8 Å². The molecule has 1 fully saturated rings. The van der Waals surface area contributed by atoms with Gasteiger partial charge in [-0.1, -0.05) is 32.6 Å². The predicted octanol–water partition coefficient (Wildman–Crippen LogP) is 3.91. The van der Waals surface area contributed by atoms with Crippen molar-refractivity contribution in [3.05, 3.63) is 11.4 Å². The van der Waals surface area contributed by atoms with Crippen LogP contribution in [0.15, 0.2) is 0 Å². The number of anilines is 2. The van der Waals surface area contributed by atoms with E-state index in [2.05, 4.69) is 29.5 Å². The van der Waals surface area contributed by atoms with E-state index in [0.29, 0.717) is 6.04 Å². The van der Waals surface area contributed by atoms with Gasteiger partial charge in [-0.3, -0.25) is 0 Å². The molecule has 0 aromatic carbocycles. The minimum Gasteiger partial charge on any atom is -0.373 e. The van der Waals surface area contributed by atoms with Crippen molar-refractivity contribution in [2.24, 2.45) is 0 Å². The molecule has 20 heavy (non-hydrogen) atoms. The van der Waals surface area contributed by atoms with Crippen molar-refractivity contribution in [3.8, 4) is 0 Å². The van der Waals surface area contributed by atoms with Crippen molar-refractivity contribution in [1.29, 1.82) is 0 Å². The van der Waals surface area contributed by atoms with Crippen LogP contribution in [-0.4, -0.2) is 23.1 Å². The lowest BCUT2D eigenvalue weighted by Crippen LogP contribution is -2.21. The Hall–Kier alpha value is -1.32. The van der Waals surface area contributed by atoms with Crippen LogP contribution >= 0.6 is 0 Å². The highest BCUT2D eigenvalue weighted by Crippen LogP contribution is 2.25. The number of aromatic nitrogens is 2. The molecule has 1 aliphatic carbocycles. The summed E-state index contributed by atoms with van der Waals surface area (Å²) in [6, 6.07) is 0.574. The van der Waals surface area contributed by atoms with Crippen molar-refractivity contribution in [3.63, 3.8) is 0 Å². The summed E-state index contributed by atoms with van der Waals surface area (Å²) in [4.78, 5) is 9.32. The van der Waals surface area contributed by atoms with Gasteiger partial charge in [0.2, 0.25) is 0 Å². The molecule has 112 valence electrons. The lowest BCUT2D eigenvalue weighted by Gasteiger charge is -2.20. The molecule has 0 atom stereocenters. The van der Waals surface area contributed by atoms with E-state index in [4.69, 9.17) is 4.98 Å². The molecule has 2 rings (SSSR count). The fraction of sp³-hybridized carbons (Fsp3) is 0.750. The Bertz CT molecular complexity index is 423. The zero-order valence-corrected chi connectivity index (χ0v) is 13.1. The smallest absolute Gasteiger partial charge is 0.134 e. The summed E-state index contributed by atoms with van der Waals surface area (Å²) in [6.45, 7) is 4.27. The highest BCUT2D eigenvalue weighted by molar-refractivity contribution is 5.57. The van der Waals surface area contributed by atoms with Crippen molar-refractivity contribution in [2.45, 2.75) is 71.3 Å². The molecule has 4 heteroatoms. The van der Waals surface area contributed by atoms with Crippen LogP contribution in [0.2, 0.25) is 0 Å². The molecule has 0 unspecified atom stereocenters. The molecule has 1 aliphatic rings. The van der Waals surface area contributed by atoms with Gasteiger partial charge in [0.1, 0.15) is 17.5 Å². The van der Waals surface area contributed by atoms with Crippen LogP contribution in [-0.2, 0) is 6.42 Å². The van der Waals surface area contributed by atoms with Gasteiger partial charge >= 0.3 is 0 Å². The van der Waals surface area contributed by atoms with Crippen molar-refractivity contribution < 1.29 is 0 Å². The highest BCUT2D eigenvalue weighted by atomic mass is 15.1. The Kier molecular flexibility index (Phi) is 5.62. The zero-order valence-electron chi connectivity index (χ0n) is 13.1. The van der Waals surface area contributed by atoms with Gasteiger partial charge in [0.25, 0.3) is 0 Å². The normalized spacial score (nSPS) is 16.8. The molecular weight excluding hydrogens is 248 g/mol. The standard InChI is InChI=1S/C16H28N4/c1-4-9-14-19-15(17-3)12(2)16(20-14)18-13-10-7-5-6-8-11-13/h13H,4-11H2,1-3H3,(H2,17,18,19,20). The van der Waals surface area contributed by atoms with E-state index in [1.54, 1.807) is 0 Å². The number of nitrogens with zero attached hydrogens (tertiary/aromatic N) is 2. The number of hydrogen-bond donors (Lipinski definition) is 2. The molecule has 1 heterocycles. The van der Waals surface area contributed by atoms with Gasteiger partial charge in [-0.25, -0.2) is 9.97 Å². The van der Waals surface area contributed by atoms with Crippen LogP contribution in [0.4, 0.5) is 11.6 Å². The Morgan fingerprint density at radius 3 is 2.30 bits per heavy atom. The first-order valence-electron chi connectivity index (χ1n) is 8.06. The first-order valence-corrected chi connectivity index (χ1v) is 8.06. The van der Waals surface area contributed by atoms with E-state index in [1.165, 1.54) is 38.5 Å². The maximum Gasteiger partial charge on any atom is 0.134 e. The Morgan fingerprint density at radius 2 is 1.70 bits per heavy atom. The molecule has 0 spiro atoms. The van der Waals surface area contributed by atoms with E-state index in [0.717, 1.165) is 35.9 Å². The summed E-state index contributed by atoms with van der Waals surface area (Å²) in [5, 5.41) is 6.86. The summed E-state index contributed by atoms with van der Waals surface area (Å²) in [5.41, 5.74) is 1.14. The van der Waals surface area contributed by atoms with Crippen LogP contribution in [0, 0.1) is 6.92 Å². The average Bonchev–Trinajstić information content (AvgIpc) is 2.71. The molecule has 0 aliphatic heterocycles. The summed E-state index contributed by atoms with van der Waals surface area (Å²) in [7, 11) is 1.93. The molecule has 0 radical (unpaired) electrons. The molecule has 1 aromatic rings. The van der Waals surface area contributed by atoms with Crippen LogP contribution in [0.5, 0.6) is 0 Å². The van der Waals surface area contributed by atoms with Gasteiger partial charge in [-0.05, 0) is 26.2 Å². The zero-order chi connectivity index (χ0) is 14.4. The second kappa shape index (κ2) is 7.46. The van der Waals surface area contributed by atoms with Crippen LogP contribution in [0.25, 0.3) is 0 Å². The largest absolute Gasteiger partial charge is 0.373 e. The maximum absolute atomic E-state index is 4.73. The fourth-order valence-electron chi connectivity index (χ4n) is 2.90. The van der Waals surface area contributed by atoms with Crippen LogP contribution in [0.1, 0.15) is 63.3 Å². The van der Waals surface area contributed by atoms with Gasteiger partial charge in [-0.2, -0.15) is 0 Å². The molecule has 0 amide bonds. The number of aryl methyl sites for hydroxylation is 1. The van der Waals surface area contributed by atoms with Gasteiger partial charge < -0.3 is 10.6 Å². The lowest BCUT2D eigenvalue weighted by molar-refractivity contribution is 0.616. The number of hydrogen-bond acceptors (Lipinski definition) is 4. The SMILES string of the molecule is CCCc1nc(NC)c(C)c(NC2CCCCCC2)n1. The molecule has 0 saturated heterocycles. The summed E-state index contributed by atoms with van der Waals surface area (Å²) >= 11 is 0. The van der Waals surface area contributed by atoms with E-state index < -0.39 is 0 Å². The molecule has 1 aromatic heterocycles. The molecule has 1 saturated carbocycles. The monoisotopic (exact) mass is 276 g/mol. The van der Waals surface area contributed by atoms with E-state index in [-0.39, 0.29) is 0 Å². The van der Waals surface area contributed by atoms with Gasteiger partial charge in [0.05, 0.1) is 0 Å². The van der Waals surface area contributed by atoms with E-state index >= 15 is 0 Å². The third kappa shape index (κ3) is 3.84. The highest BCUT2D eigenvalue weighted by Gasteiger charge is 2.16. The first-order chi connectivity index (χ1) is 9.74. The van der Waals surface area contributed by atoms with Crippen molar-refractivity contribution in [2.75, 3.05) is 17.7 Å². The Morgan fingerprint density at radius 1 is 1.05 bits per heavy atom. The van der Waals surface area contributed by atoms with Gasteiger partial charge in [0, 0.05) is 25.1 Å². The third-order valence-electron chi connectivity index (χ3n) is 4.10. The molecular formula is C16H28N4. The number of nitrogens with one attached hydrogen (secondary N) is 2. The van der Waals surface area contributed by atoms with Crippen LogP contribution < -0.4 is 10.6 Å². The average molecular weight is 276 g/mol. The lowest BCUT2D eigenvalue weighted by atomic mass is 10.1. The van der Waals surface area contributed by atoms with Gasteiger partial charge in [-0.15, -0.1) is 0 Å². The summed E-state index contributed by atoms with van der Waals surface area (Å²) in [6.07, 6.45) is 9.98. The fourth-order valence-corrected chi connectivity index (χ4v) is 2.90. The maximum atomic E-state index is 4.73. The third-order valence-corrected chi connectivity index (χ3v) is 4.10. The van der Waals surface area contributed by atoms with Gasteiger partial charge in [0.15, 0.2) is 0 Å². The first kappa shape index (κ1) is 15.1. The van der Waals surface area contributed by atoms with Crippen molar-refractivity contribution in [1.82, 2.24) is 9.97 Å². The minimum atomic E-state index is 0.574.